The number of hydrogen-bond donors (Lipinski definition) is 2. The molecule has 104 valence electrons. The lowest BCUT2D eigenvalue weighted by Gasteiger charge is -2.06. The summed E-state index contributed by atoms with van der Waals surface area (Å²) in [5.41, 5.74) is 5.20. The zero-order chi connectivity index (χ0) is 14.2. The van der Waals surface area contributed by atoms with Gasteiger partial charge in [0.15, 0.2) is 5.65 Å². The third kappa shape index (κ3) is 2.23. The molecular weight excluding hydrogens is 262 g/mol. The van der Waals surface area contributed by atoms with Gasteiger partial charge in [0.1, 0.15) is 0 Å². The SMILES string of the molecule is Cc1cc2ncc(CNc3ccc4[nH]ccc4c3)cn2n1. The lowest BCUT2D eigenvalue weighted by Crippen LogP contribution is -2.02. The third-order valence-corrected chi connectivity index (χ3v) is 3.54. The minimum atomic E-state index is 0.720. The number of hydrogen-bond acceptors (Lipinski definition) is 3. The van der Waals surface area contributed by atoms with E-state index in [-0.39, 0.29) is 0 Å². The summed E-state index contributed by atoms with van der Waals surface area (Å²) in [4.78, 5) is 7.61. The predicted molar refractivity (Wildman–Crippen MR) is 83.3 cm³/mol. The minimum absolute atomic E-state index is 0.720. The first kappa shape index (κ1) is 12.0. The molecule has 0 radical (unpaired) electrons. The number of anilines is 1. The molecule has 0 saturated carbocycles. The van der Waals surface area contributed by atoms with Crippen LogP contribution >= 0.6 is 0 Å². The van der Waals surface area contributed by atoms with Gasteiger partial charge in [-0.25, -0.2) is 9.50 Å². The molecule has 2 N–H and O–H groups in total. The average Bonchev–Trinajstić information content (AvgIpc) is 3.08. The Kier molecular flexibility index (Phi) is 2.64. The van der Waals surface area contributed by atoms with Crippen molar-refractivity contribution in [3.63, 3.8) is 0 Å². The number of benzene rings is 1. The number of rotatable bonds is 3. The number of aromatic amines is 1. The van der Waals surface area contributed by atoms with Gasteiger partial charge in [0, 0.05) is 53.4 Å². The molecule has 0 atom stereocenters. The van der Waals surface area contributed by atoms with Gasteiger partial charge in [-0.15, -0.1) is 0 Å². The molecular formula is C16H15N5. The van der Waals surface area contributed by atoms with Crippen LogP contribution in [0.3, 0.4) is 0 Å². The van der Waals surface area contributed by atoms with E-state index in [1.54, 1.807) is 0 Å². The zero-order valence-corrected chi connectivity index (χ0v) is 11.7. The highest BCUT2D eigenvalue weighted by atomic mass is 15.2. The summed E-state index contributed by atoms with van der Waals surface area (Å²) in [6.45, 7) is 2.69. The van der Waals surface area contributed by atoms with Crippen LogP contribution in [0.5, 0.6) is 0 Å². The van der Waals surface area contributed by atoms with Gasteiger partial charge in [-0.1, -0.05) is 0 Å². The van der Waals surface area contributed by atoms with E-state index in [0.717, 1.165) is 34.7 Å². The summed E-state index contributed by atoms with van der Waals surface area (Å²) in [6.07, 6.45) is 5.85. The molecule has 0 fully saturated rings. The molecule has 4 rings (SSSR count). The normalized spacial score (nSPS) is 11.3. The summed E-state index contributed by atoms with van der Waals surface area (Å²) in [7, 11) is 0. The fourth-order valence-electron chi connectivity index (χ4n) is 2.49. The lowest BCUT2D eigenvalue weighted by atomic mass is 10.2. The molecule has 0 aliphatic heterocycles. The van der Waals surface area contributed by atoms with Crippen LogP contribution < -0.4 is 5.32 Å². The van der Waals surface area contributed by atoms with Crippen molar-refractivity contribution in [3.05, 3.63) is 60.2 Å². The molecule has 3 heterocycles. The Bertz CT molecular complexity index is 919. The van der Waals surface area contributed by atoms with Crippen molar-refractivity contribution in [2.45, 2.75) is 13.5 Å². The van der Waals surface area contributed by atoms with Crippen LogP contribution in [0.4, 0.5) is 5.69 Å². The highest BCUT2D eigenvalue weighted by molar-refractivity contribution is 5.82. The molecule has 0 aliphatic carbocycles. The number of nitrogens with zero attached hydrogens (tertiary/aromatic N) is 3. The van der Waals surface area contributed by atoms with Crippen molar-refractivity contribution >= 4 is 22.2 Å². The Balaban J connectivity index is 1.56. The van der Waals surface area contributed by atoms with Crippen LogP contribution in [-0.2, 0) is 6.54 Å². The average molecular weight is 277 g/mol. The van der Waals surface area contributed by atoms with E-state index in [0.29, 0.717) is 0 Å². The van der Waals surface area contributed by atoms with Crippen LogP contribution in [-0.4, -0.2) is 19.6 Å². The third-order valence-electron chi connectivity index (χ3n) is 3.54. The molecule has 0 amide bonds. The molecule has 0 spiro atoms. The second-order valence-corrected chi connectivity index (χ2v) is 5.18. The molecule has 4 aromatic rings. The number of aryl methyl sites for hydroxylation is 1. The number of fused-ring (bicyclic) bond motifs is 2. The summed E-state index contributed by atoms with van der Waals surface area (Å²) < 4.78 is 1.82. The molecule has 0 bridgehead atoms. The van der Waals surface area contributed by atoms with E-state index < -0.39 is 0 Å². The van der Waals surface area contributed by atoms with Crippen molar-refractivity contribution in [3.8, 4) is 0 Å². The lowest BCUT2D eigenvalue weighted by molar-refractivity contribution is 0.895. The van der Waals surface area contributed by atoms with Gasteiger partial charge in [0.2, 0.25) is 0 Å². The highest BCUT2D eigenvalue weighted by Gasteiger charge is 2.02. The van der Waals surface area contributed by atoms with Gasteiger partial charge in [0.25, 0.3) is 0 Å². The van der Waals surface area contributed by atoms with Gasteiger partial charge < -0.3 is 10.3 Å². The molecule has 5 nitrogen and oxygen atoms in total. The number of nitrogens with one attached hydrogen (secondary N) is 2. The maximum atomic E-state index is 4.41. The maximum Gasteiger partial charge on any atom is 0.155 e. The number of aromatic nitrogens is 4. The largest absolute Gasteiger partial charge is 0.381 e. The Morgan fingerprint density at radius 2 is 2.19 bits per heavy atom. The molecule has 3 aromatic heterocycles. The van der Waals surface area contributed by atoms with Crippen LogP contribution in [0.25, 0.3) is 16.6 Å². The smallest absolute Gasteiger partial charge is 0.155 e. The molecule has 1 aromatic carbocycles. The second kappa shape index (κ2) is 4.63. The van der Waals surface area contributed by atoms with Gasteiger partial charge >= 0.3 is 0 Å². The van der Waals surface area contributed by atoms with E-state index in [4.69, 9.17) is 0 Å². The Hall–Kier alpha value is -2.82. The Morgan fingerprint density at radius 1 is 1.24 bits per heavy atom. The van der Waals surface area contributed by atoms with Crippen LogP contribution in [0.2, 0.25) is 0 Å². The first-order chi connectivity index (χ1) is 10.3. The van der Waals surface area contributed by atoms with Crippen molar-refractivity contribution in [2.24, 2.45) is 0 Å². The molecule has 0 aliphatic rings. The van der Waals surface area contributed by atoms with Gasteiger partial charge in [0.05, 0.1) is 5.69 Å². The summed E-state index contributed by atoms with van der Waals surface area (Å²) in [5, 5.41) is 9.01. The number of H-pyrrole nitrogens is 1. The van der Waals surface area contributed by atoms with E-state index in [9.17, 15) is 0 Å². The fourth-order valence-corrected chi connectivity index (χ4v) is 2.49. The molecule has 21 heavy (non-hydrogen) atoms. The topological polar surface area (TPSA) is 58.0 Å². The fraction of sp³-hybridized carbons (Fsp3) is 0.125. The van der Waals surface area contributed by atoms with Crippen molar-refractivity contribution in [1.29, 1.82) is 0 Å². The van der Waals surface area contributed by atoms with Crippen LogP contribution in [0.15, 0.2) is 48.9 Å². The van der Waals surface area contributed by atoms with E-state index in [2.05, 4.69) is 44.6 Å². The monoisotopic (exact) mass is 277 g/mol. The first-order valence-electron chi connectivity index (χ1n) is 6.90. The van der Waals surface area contributed by atoms with Crippen molar-refractivity contribution in [2.75, 3.05) is 5.32 Å². The molecule has 0 unspecified atom stereocenters. The summed E-state index contributed by atoms with van der Waals surface area (Å²) in [6, 6.07) is 10.3. The standard InChI is InChI=1S/C16H15N5/c1-11-6-16-19-9-12(10-21(16)20-11)8-18-14-2-3-15-13(7-14)4-5-17-15/h2-7,9-10,17-18H,8H2,1H3. The summed E-state index contributed by atoms with van der Waals surface area (Å²) >= 11 is 0. The van der Waals surface area contributed by atoms with E-state index >= 15 is 0 Å². The molecule has 0 saturated heterocycles. The zero-order valence-electron chi connectivity index (χ0n) is 11.7. The maximum absolute atomic E-state index is 4.41. The minimum Gasteiger partial charge on any atom is -0.381 e. The van der Waals surface area contributed by atoms with Gasteiger partial charge in [-0.2, -0.15) is 5.10 Å². The Morgan fingerprint density at radius 3 is 3.14 bits per heavy atom. The first-order valence-corrected chi connectivity index (χ1v) is 6.90. The Labute approximate surface area is 121 Å². The quantitative estimate of drug-likeness (QED) is 0.605. The summed E-state index contributed by atoms with van der Waals surface area (Å²) in [5.74, 6) is 0. The van der Waals surface area contributed by atoms with Crippen LogP contribution in [0, 0.1) is 6.92 Å². The predicted octanol–water partition coefficient (Wildman–Crippen LogP) is 3.13. The van der Waals surface area contributed by atoms with Crippen LogP contribution in [0.1, 0.15) is 11.3 Å². The highest BCUT2D eigenvalue weighted by Crippen LogP contribution is 2.18. The van der Waals surface area contributed by atoms with Gasteiger partial charge in [-0.05, 0) is 31.2 Å². The van der Waals surface area contributed by atoms with Crippen molar-refractivity contribution in [1.82, 2.24) is 19.6 Å². The van der Waals surface area contributed by atoms with Crippen molar-refractivity contribution < 1.29 is 0 Å². The van der Waals surface area contributed by atoms with Gasteiger partial charge in [-0.3, -0.25) is 0 Å². The van der Waals surface area contributed by atoms with E-state index in [1.165, 1.54) is 5.39 Å². The second-order valence-electron chi connectivity index (χ2n) is 5.18. The molecule has 5 heteroatoms. The van der Waals surface area contributed by atoms with E-state index in [1.807, 2.05) is 36.1 Å².